The number of hydrogen-bond acceptors (Lipinski definition) is 6. The molecule has 3 rings (SSSR count). The lowest BCUT2D eigenvalue weighted by atomic mass is 10.0. The summed E-state index contributed by atoms with van der Waals surface area (Å²) in [5.41, 5.74) is 8.65. The number of amides is 2. The van der Waals surface area contributed by atoms with E-state index >= 15 is 0 Å². The number of thioether (sulfide) groups is 1. The van der Waals surface area contributed by atoms with E-state index in [1.165, 1.54) is 23.1 Å². The SMILES string of the molecule is [N-]=[N+]=NCC1=C(C(=O)O)N2C(=O)C(NC(=O)Cc3cccs3)C2SC1. The highest BCUT2D eigenvalue weighted by molar-refractivity contribution is 8.00. The molecule has 3 heterocycles. The minimum Gasteiger partial charge on any atom is -0.477 e. The minimum atomic E-state index is -1.25. The number of nitrogens with one attached hydrogen (secondary N) is 1. The Morgan fingerprint density at radius 1 is 1.52 bits per heavy atom. The second kappa shape index (κ2) is 7.18. The number of thiophene rings is 1. The molecule has 2 amide bonds. The molecule has 1 aromatic rings. The van der Waals surface area contributed by atoms with Crippen LogP contribution in [0, 0.1) is 0 Å². The summed E-state index contributed by atoms with van der Waals surface area (Å²) in [7, 11) is 0. The summed E-state index contributed by atoms with van der Waals surface area (Å²) < 4.78 is 0. The molecular weight excluding hydrogens is 366 g/mol. The summed E-state index contributed by atoms with van der Waals surface area (Å²) in [4.78, 5) is 40.7. The monoisotopic (exact) mass is 379 g/mol. The van der Waals surface area contributed by atoms with Gasteiger partial charge in [-0.1, -0.05) is 11.2 Å². The zero-order valence-corrected chi connectivity index (χ0v) is 14.4. The number of rotatable bonds is 6. The fraction of sp³-hybridized carbons (Fsp3) is 0.357. The van der Waals surface area contributed by atoms with Crippen LogP contribution >= 0.6 is 23.1 Å². The molecule has 0 spiro atoms. The van der Waals surface area contributed by atoms with Crippen LogP contribution in [0.2, 0.25) is 0 Å². The molecule has 0 aromatic carbocycles. The molecule has 1 fully saturated rings. The maximum Gasteiger partial charge on any atom is 0.352 e. The Morgan fingerprint density at radius 2 is 2.32 bits per heavy atom. The van der Waals surface area contributed by atoms with E-state index in [2.05, 4.69) is 15.3 Å². The summed E-state index contributed by atoms with van der Waals surface area (Å²) in [5, 5.41) is 16.9. The van der Waals surface area contributed by atoms with Crippen molar-refractivity contribution in [2.24, 2.45) is 5.11 Å². The highest BCUT2D eigenvalue weighted by Gasteiger charge is 2.53. The second-order valence-electron chi connectivity index (χ2n) is 5.36. The maximum atomic E-state index is 12.4. The van der Waals surface area contributed by atoms with Crippen LogP contribution in [0.5, 0.6) is 0 Å². The van der Waals surface area contributed by atoms with Gasteiger partial charge in [0.05, 0.1) is 13.0 Å². The minimum absolute atomic E-state index is 0.100. The molecular formula is C14H13N5O4S2. The highest BCUT2D eigenvalue weighted by Crippen LogP contribution is 2.40. The first-order valence-corrected chi connectivity index (χ1v) is 9.18. The lowest BCUT2D eigenvalue weighted by molar-refractivity contribution is -0.150. The molecule has 130 valence electrons. The lowest BCUT2D eigenvalue weighted by Gasteiger charge is -2.49. The van der Waals surface area contributed by atoms with Crippen LogP contribution in [-0.2, 0) is 20.8 Å². The van der Waals surface area contributed by atoms with Gasteiger partial charge in [-0.3, -0.25) is 14.5 Å². The molecule has 0 saturated carbocycles. The van der Waals surface area contributed by atoms with E-state index in [9.17, 15) is 19.5 Å². The van der Waals surface area contributed by atoms with Crippen molar-refractivity contribution in [1.82, 2.24) is 10.2 Å². The van der Waals surface area contributed by atoms with Crippen molar-refractivity contribution < 1.29 is 19.5 Å². The predicted octanol–water partition coefficient (Wildman–Crippen LogP) is 1.34. The van der Waals surface area contributed by atoms with Crippen molar-refractivity contribution in [3.63, 3.8) is 0 Å². The number of hydrogen-bond donors (Lipinski definition) is 2. The third-order valence-corrected chi connectivity index (χ3v) is 6.02. The molecule has 2 aliphatic heterocycles. The van der Waals surface area contributed by atoms with E-state index in [4.69, 9.17) is 5.53 Å². The summed E-state index contributed by atoms with van der Waals surface area (Å²) in [6.45, 7) is -0.100. The van der Waals surface area contributed by atoms with Gasteiger partial charge in [0.15, 0.2) is 0 Å². The largest absolute Gasteiger partial charge is 0.477 e. The predicted molar refractivity (Wildman–Crippen MR) is 91.7 cm³/mol. The number of fused-ring (bicyclic) bond motifs is 1. The number of β-lactam (4-membered cyclic amide) rings is 1. The van der Waals surface area contributed by atoms with E-state index in [-0.39, 0.29) is 24.6 Å². The third kappa shape index (κ3) is 3.34. The fourth-order valence-corrected chi connectivity index (χ4v) is 4.76. The summed E-state index contributed by atoms with van der Waals surface area (Å²) in [5.74, 6) is -1.66. The molecule has 0 radical (unpaired) electrons. The Labute approximate surface area is 150 Å². The molecule has 2 atom stereocenters. The smallest absolute Gasteiger partial charge is 0.352 e. The van der Waals surface area contributed by atoms with Crippen molar-refractivity contribution in [3.8, 4) is 0 Å². The Morgan fingerprint density at radius 3 is 2.96 bits per heavy atom. The van der Waals surface area contributed by atoms with Gasteiger partial charge in [0.1, 0.15) is 17.1 Å². The molecule has 9 nitrogen and oxygen atoms in total. The summed E-state index contributed by atoms with van der Waals surface area (Å²) >= 11 is 2.80. The number of carboxylic acids is 1. The van der Waals surface area contributed by atoms with Gasteiger partial charge in [-0.25, -0.2) is 4.79 Å². The highest BCUT2D eigenvalue weighted by atomic mass is 32.2. The van der Waals surface area contributed by atoms with Crippen LogP contribution in [0.3, 0.4) is 0 Å². The molecule has 2 N–H and O–H groups in total. The van der Waals surface area contributed by atoms with E-state index < -0.39 is 23.3 Å². The molecule has 25 heavy (non-hydrogen) atoms. The lowest BCUT2D eigenvalue weighted by Crippen LogP contribution is -2.70. The number of carbonyl (C=O) groups is 3. The van der Waals surface area contributed by atoms with Gasteiger partial charge in [-0.15, -0.1) is 23.1 Å². The normalized spacial score (nSPS) is 21.9. The number of azide groups is 1. The van der Waals surface area contributed by atoms with Gasteiger partial charge in [0, 0.05) is 15.5 Å². The van der Waals surface area contributed by atoms with Crippen LogP contribution in [-0.4, -0.2) is 51.5 Å². The van der Waals surface area contributed by atoms with E-state index in [1.807, 2.05) is 17.5 Å². The van der Waals surface area contributed by atoms with E-state index in [0.717, 1.165) is 9.78 Å². The molecule has 0 aliphatic carbocycles. The van der Waals surface area contributed by atoms with Gasteiger partial charge in [0.2, 0.25) is 5.91 Å². The van der Waals surface area contributed by atoms with Crippen LogP contribution < -0.4 is 5.32 Å². The average molecular weight is 379 g/mol. The second-order valence-corrected chi connectivity index (χ2v) is 7.49. The Balaban J connectivity index is 1.71. The quantitative estimate of drug-likeness (QED) is 0.333. The van der Waals surface area contributed by atoms with Crippen molar-refractivity contribution in [3.05, 3.63) is 44.1 Å². The number of carboxylic acid groups (broad SMARTS) is 1. The first-order valence-electron chi connectivity index (χ1n) is 7.25. The maximum absolute atomic E-state index is 12.4. The molecule has 1 aromatic heterocycles. The van der Waals surface area contributed by atoms with Gasteiger partial charge < -0.3 is 10.4 Å². The molecule has 0 bridgehead atoms. The summed E-state index contributed by atoms with van der Waals surface area (Å²) in [6.07, 6.45) is 0.183. The molecule has 11 heteroatoms. The van der Waals surface area contributed by atoms with Crippen molar-refractivity contribution in [2.45, 2.75) is 17.8 Å². The Bertz CT molecular complexity index is 800. The number of aliphatic carboxylic acids is 1. The van der Waals surface area contributed by atoms with Gasteiger partial charge in [-0.05, 0) is 22.6 Å². The number of carbonyl (C=O) groups excluding carboxylic acids is 2. The molecule has 1 saturated heterocycles. The van der Waals surface area contributed by atoms with E-state index in [1.54, 1.807) is 0 Å². The zero-order valence-electron chi connectivity index (χ0n) is 12.8. The van der Waals surface area contributed by atoms with Crippen LogP contribution in [0.4, 0.5) is 0 Å². The first kappa shape index (κ1) is 17.3. The standard InChI is InChI=1S/C14H13N5O4S2/c15-18-16-5-7-6-25-13-10(12(21)19(13)11(7)14(22)23)17-9(20)4-8-2-1-3-24-8/h1-3,10,13H,4-6H2,(H,17,20)(H,22,23). The Hall–Kier alpha value is -2.49. The van der Waals surface area contributed by atoms with Crippen LogP contribution in [0.1, 0.15) is 4.88 Å². The van der Waals surface area contributed by atoms with Crippen molar-refractivity contribution in [1.29, 1.82) is 0 Å². The van der Waals surface area contributed by atoms with Gasteiger partial charge in [0.25, 0.3) is 5.91 Å². The average Bonchev–Trinajstić information content (AvgIpc) is 3.09. The summed E-state index contributed by atoms with van der Waals surface area (Å²) in [6, 6.07) is 2.94. The fourth-order valence-electron chi connectivity index (χ4n) is 2.72. The van der Waals surface area contributed by atoms with E-state index in [0.29, 0.717) is 11.3 Å². The third-order valence-electron chi connectivity index (χ3n) is 3.81. The first-order chi connectivity index (χ1) is 12.0. The molecule has 2 unspecified atom stereocenters. The molecule has 2 aliphatic rings. The van der Waals surface area contributed by atoms with Crippen molar-refractivity contribution in [2.75, 3.05) is 12.3 Å². The van der Waals surface area contributed by atoms with Gasteiger partial charge in [-0.2, -0.15) is 0 Å². The topological polar surface area (TPSA) is 135 Å². The number of nitrogens with zero attached hydrogens (tertiary/aromatic N) is 4. The Kier molecular flexibility index (Phi) is 4.98. The van der Waals surface area contributed by atoms with Crippen molar-refractivity contribution >= 4 is 40.9 Å². The van der Waals surface area contributed by atoms with Gasteiger partial charge >= 0.3 is 5.97 Å². The van der Waals surface area contributed by atoms with Crippen LogP contribution in [0.25, 0.3) is 10.4 Å². The zero-order chi connectivity index (χ0) is 18.0. The van der Waals surface area contributed by atoms with Crippen LogP contribution in [0.15, 0.2) is 33.9 Å².